The minimum absolute atomic E-state index is 0.0908. The first-order chi connectivity index (χ1) is 8.83. The zero-order chi connectivity index (χ0) is 14.2. The van der Waals surface area contributed by atoms with Gasteiger partial charge >= 0.3 is 6.09 Å². The number of alkyl halides is 2. The molecule has 1 aliphatic rings. The number of anilines is 1. The third-order valence-electron chi connectivity index (χ3n) is 2.97. The molecule has 2 N–H and O–H groups in total. The predicted molar refractivity (Wildman–Crippen MR) is 62.8 cm³/mol. The highest BCUT2D eigenvalue weighted by Gasteiger charge is 2.45. The Morgan fingerprint density at radius 2 is 2.11 bits per heavy atom. The lowest BCUT2D eigenvalue weighted by molar-refractivity contribution is -0.131. The van der Waals surface area contributed by atoms with Gasteiger partial charge in [-0.2, -0.15) is 0 Å². The summed E-state index contributed by atoms with van der Waals surface area (Å²) in [4.78, 5) is 23.7. The zero-order valence-electron chi connectivity index (χ0n) is 10.1. The fraction of sp³-hybridized carbons (Fsp3) is 0.333. The lowest BCUT2D eigenvalue weighted by Crippen LogP contribution is -2.40. The second kappa shape index (κ2) is 4.49. The van der Waals surface area contributed by atoms with Crippen molar-refractivity contribution in [2.24, 2.45) is 5.73 Å². The molecule has 2 amide bonds. The average molecular weight is 270 g/mol. The number of rotatable bonds is 1. The summed E-state index contributed by atoms with van der Waals surface area (Å²) in [5.74, 6) is -4.01. The van der Waals surface area contributed by atoms with Crippen LogP contribution in [0, 0.1) is 0 Å². The summed E-state index contributed by atoms with van der Waals surface area (Å²) in [6.07, 6.45) is -3.77. The molecule has 0 bridgehead atoms. The Kier molecular flexibility index (Phi) is 3.13. The molecule has 1 aromatic rings. The topological polar surface area (TPSA) is 72.6 Å². The van der Waals surface area contributed by atoms with Crippen molar-refractivity contribution in [3.8, 4) is 0 Å². The van der Waals surface area contributed by atoms with E-state index in [9.17, 15) is 18.4 Å². The Hall–Kier alpha value is -2.18. The third-order valence-corrected chi connectivity index (χ3v) is 2.97. The highest BCUT2D eigenvalue weighted by Crippen LogP contribution is 2.41. The van der Waals surface area contributed by atoms with Gasteiger partial charge in [0.15, 0.2) is 6.10 Å². The highest BCUT2D eigenvalue weighted by molar-refractivity contribution is 5.98. The number of primary amides is 1. The van der Waals surface area contributed by atoms with E-state index in [1.165, 1.54) is 25.2 Å². The largest absolute Gasteiger partial charge is 0.436 e. The molecule has 1 aliphatic heterocycles. The van der Waals surface area contributed by atoms with E-state index in [4.69, 9.17) is 5.73 Å². The monoisotopic (exact) mass is 270 g/mol. The number of amides is 2. The van der Waals surface area contributed by atoms with Crippen molar-refractivity contribution >= 4 is 17.7 Å². The van der Waals surface area contributed by atoms with Crippen LogP contribution in [0.3, 0.4) is 0 Å². The van der Waals surface area contributed by atoms with E-state index >= 15 is 0 Å². The fourth-order valence-electron chi connectivity index (χ4n) is 2.07. The van der Waals surface area contributed by atoms with Gasteiger partial charge in [0.1, 0.15) is 0 Å². The number of carbonyl (C=O) groups excluding carboxylic acids is 2. The molecule has 102 valence electrons. The Bertz CT molecular complexity index is 533. The number of hydrogen-bond donors (Lipinski definition) is 1. The average Bonchev–Trinajstić information content (AvgIpc) is 2.40. The molecular formula is C12H12F2N2O3. The van der Waals surface area contributed by atoms with Gasteiger partial charge < -0.3 is 15.4 Å². The summed E-state index contributed by atoms with van der Waals surface area (Å²) in [7, 11) is 1.35. The second-order valence-electron chi connectivity index (χ2n) is 4.25. The highest BCUT2D eigenvalue weighted by atomic mass is 19.3. The normalized spacial score (nSPS) is 21.5. The first-order valence-corrected chi connectivity index (χ1v) is 5.54. The summed E-state index contributed by atoms with van der Waals surface area (Å²) in [6, 6.07) is 5.66. The van der Waals surface area contributed by atoms with Gasteiger partial charge in [-0.15, -0.1) is 0 Å². The molecular weight excluding hydrogens is 258 g/mol. The molecule has 1 atom stereocenters. The Labute approximate surface area is 107 Å². The minimum atomic E-state index is -3.28. The van der Waals surface area contributed by atoms with E-state index in [0.29, 0.717) is 0 Å². The summed E-state index contributed by atoms with van der Waals surface area (Å²) in [5, 5.41) is 0. The first kappa shape index (κ1) is 13.3. The molecule has 1 heterocycles. The lowest BCUT2D eigenvalue weighted by Gasteiger charge is -2.20. The van der Waals surface area contributed by atoms with Gasteiger partial charge in [0.2, 0.25) is 0 Å². The van der Waals surface area contributed by atoms with Crippen molar-refractivity contribution < 1.29 is 23.1 Å². The standard InChI is InChI=1S/C12H12F2N2O3/c1-16-8-5-3-2-4-7(8)12(13,14)6-9(10(16)17)19-11(15)18/h2-5,9H,6H2,1H3,(H2,15,18). The van der Waals surface area contributed by atoms with Crippen molar-refractivity contribution in [1.82, 2.24) is 0 Å². The van der Waals surface area contributed by atoms with Crippen LogP contribution in [0.15, 0.2) is 24.3 Å². The van der Waals surface area contributed by atoms with Crippen LogP contribution >= 0.6 is 0 Å². The molecule has 5 nitrogen and oxygen atoms in total. The number of fused-ring (bicyclic) bond motifs is 1. The molecule has 2 rings (SSSR count). The van der Waals surface area contributed by atoms with Crippen LogP contribution in [-0.4, -0.2) is 25.2 Å². The van der Waals surface area contributed by atoms with E-state index in [2.05, 4.69) is 4.74 Å². The minimum Gasteiger partial charge on any atom is -0.436 e. The number of likely N-dealkylation sites (N-methyl/N-ethyl adjacent to an activating group) is 1. The maximum Gasteiger partial charge on any atom is 0.405 e. The number of nitrogens with two attached hydrogens (primary N) is 1. The van der Waals surface area contributed by atoms with Crippen molar-refractivity contribution in [2.75, 3.05) is 11.9 Å². The molecule has 7 heteroatoms. The smallest absolute Gasteiger partial charge is 0.405 e. The number of benzene rings is 1. The molecule has 0 saturated carbocycles. The molecule has 1 aromatic carbocycles. The fourth-order valence-corrected chi connectivity index (χ4v) is 2.07. The molecule has 1 unspecified atom stereocenters. The Morgan fingerprint density at radius 1 is 1.47 bits per heavy atom. The third kappa shape index (κ3) is 2.35. The number of carbonyl (C=O) groups is 2. The lowest BCUT2D eigenvalue weighted by atomic mass is 10.0. The van der Waals surface area contributed by atoms with Gasteiger partial charge in [-0.05, 0) is 6.07 Å². The van der Waals surface area contributed by atoms with Crippen LogP contribution in [0.25, 0.3) is 0 Å². The first-order valence-electron chi connectivity index (χ1n) is 5.54. The quantitative estimate of drug-likeness (QED) is 0.842. The van der Waals surface area contributed by atoms with Crippen molar-refractivity contribution in [3.63, 3.8) is 0 Å². The second-order valence-corrected chi connectivity index (χ2v) is 4.25. The van der Waals surface area contributed by atoms with E-state index in [1.807, 2.05) is 0 Å². The molecule has 0 aromatic heterocycles. The van der Waals surface area contributed by atoms with Gasteiger partial charge in [-0.25, -0.2) is 13.6 Å². The van der Waals surface area contributed by atoms with Gasteiger partial charge in [0, 0.05) is 12.6 Å². The zero-order valence-corrected chi connectivity index (χ0v) is 10.1. The van der Waals surface area contributed by atoms with Crippen LogP contribution in [0.2, 0.25) is 0 Å². The van der Waals surface area contributed by atoms with E-state index in [1.54, 1.807) is 6.07 Å². The number of para-hydroxylation sites is 1. The number of ether oxygens (including phenoxy) is 1. The van der Waals surface area contributed by atoms with E-state index < -0.39 is 30.4 Å². The maximum absolute atomic E-state index is 14.1. The predicted octanol–water partition coefficient (Wildman–Crippen LogP) is 1.61. The SMILES string of the molecule is CN1C(=O)C(OC(N)=O)CC(F)(F)c2ccccc21. The molecule has 19 heavy (non-hydrogen) atoms. The van der Waals surface area contributed by atoms with Gasteiger partial charge in [0.25, 0.3) is 11.8 Å². The van der Waals surface area contributed by atoms with Crippen molar-refractivity contribution in [1.29, 1.82) is 0 Å². The van der Waals surface area contributed by atoms with Crippen LogP contribution in [0.4, 0.5) is 19.3 Å². The summed E-state index contributed by atoms with van der Waals surface area (Å²) in [5.41, 5.74) is 4.61. The van der Waals surface area contributed by atoms with Gasteiger partial charge in [-0.3, -0.25) is 4.79 Å². The molecule has 0 fully saturated rings. The van der Waals surface area contributed by atoms with Gasteiger partial charge in [0.05, 0.1) is 12.1 Å². The van der Waals surface area contributed by atoms with E-state index in [-0.39, 0.29) is 11.3 Å². The van der Waals surface area contributed by atoms with E-state index in [0.717, 1.165) is 4.90 Å². The number of hydrogen-bond acceptors (Lipinski definition) is 3. The molecule has 0 aliphatic carbocycles. The maximum atomic E-state index is 14.1. The van der Waals surface area contributed by atoms with Crippen molar-refractivity contribution in [3.05, 3.63) is 29.8 Å². The molecule has 0 saturated heterocycles. The number of halogens is 2. The molecule has 0 radical (unpaired) electrons. The molecule has 0 spiro atoms. The van der Waals surface area contributed by atoms with Gasteiger partial charge in [-0.1, -0.05) is 18.2 Å². The van der Waals surface area contributed by atoms with Crippen LogP contribution in [0.5, 0.6) is 0 Å². The number of nitrogens with zero attached hydrogens (tertiary/aromatic N) is 1. The summed E-state index contributed by atoms with van der Waals surface area (Å²) >= 11 is 0. The van der Waals surface area contributed by atoms with Crippen LogP contribution in [-0.2, 0) is 15.5 Å². The van der Waals surface area contributed by atoms with Crippen LogP contribution < -0.4 is 10.6 Å². The Morgan fingerprint density at radius 3 is 2.74 bits per heavy atom. The Balaban J connectivity index is 2.48. The van der Waals surface area contributed by atoms with Crippen molar-refractivity contribution in [2.45, 2.75) is 18.4 Å². The van der Waals surface area contributed by atoms with Crippen LogP contribution in [0.1, 0.15) is 12.0 Å². The summed E-state index contributed by atoms with van der Waals surface area (Å²) in [6.45, 7) is 0. The summed E-state index contributed by atoms with van der Waals surface area (Å²) < 4.78 is 32.7.